The number of ether oxygens (including phenoxy) is 3. The van der Waals surface area contributed by atoms with Crippen molar-refractivity contribution in [1.29, 1.82) is 0 Å². The minimum Gasteiger partial charge on any atom is -0.462 e. The molecule has 0 aromatic heterocycles. The van der Waals surface area contributed by atoms with Gasteiger partial charge in [-0.25, -0.2) is 14.4 Å². The molecule has 2 aliphatic heterocycles. The zero-order chi connectivity index (χ0) is 22.1. The summed E-state index contributed by atoms with van der Waals surface area (Å²) in [6.07, 6.45) is 1.62. The molecule has 2 heterocycles. The molecule has 0 fully saturated rings. The number of carbonyl (C=O) groups excluding carboxylic acids is 3. The number of esters is 3. The van der Waals surface area contributed by atoms with Crippen LogP contribution in [0.5, 0.6) is 0 Å². The summed E-state index contributed by atoms with van der Waals surface area (Å²) in [5.74, 6) is -2.34. The van der Waals surface area contributed by atoms with Crippen LogP contribution >= 0.6 is 0 Å². The molecule has 2 N–H and O–H groups in total. The highest BCUT2D eigenvalue weighted by atomic mass is 16.6. The highest BCUT2D eigenvalue weighted by Crippen LogP contribution is 2.54. The molecule has 0 radical (unpaired) electrons. The van der Waals surface area contributed by atoms with Crippen LogP contribution in [-0.4, -0.2) is 37.7 Å². The fourth-order valence-electron chi connectivity index (χ4n) is 4.01. The van der Waals surface area contributed by atoms with E-state index < -0.39 is 23.3 Å². The topological polar surface area (TPSA) is 108 Å². The predicted octanol–water partition coefficient (Wildman–Crippen LogP) is 2.06. The molecule has 1 aromatic rings. The number of hydrogen-bond acceptors (Lipinski definition) is 8. The van der Waals surface area contributed by atoms with Crippen LogP contribution in [-0.2, 0) is 34.0 Å². The van der Waals surface area contributed by atoms with Crippen molar-refractivity contribution in [3.63, 3.8) is 0 Å². The van der Waals surface area contributed by atoms with Gasteiger partial charge in [-0.2, -0.15) is 0 Å². The molecular weight excluding hydrogens is 388 g/mol. The molecule has 0 aliphatic carbocycles. The number of rotatable bonds is 6. The van der Waals surface area contributed by atoms with Crippen molar-refractivity contribution in [2.45, 2.75) is 26.2 Å². The largest absolute Gasteiger partial charge is 0.462 e. The Kier molecular flexibility index (Phi) is 5.69. The van der Waals surface area contributed by atoms with E-state index >= 15 is 0 Å². The fourth-order valence-corrected chi connectivity index (χ4v) is 4.01. The van der Waals surface area contributed by atoms with Crippen LogP contribution in [0.2, 0.25) is 0 Å². The van der Waals surface area contributed by atoms with Crippen molar-refractivity contribution in [2.24, 2.45) is 5.73 Å². The number of fused-ring (bicyclic) bond motifs is 2. The molecule has 2 aliphatic rings. The second-order valence-electron chi connectivity index (χ2n) is 6.69. The first-order chi connectivity index (χ1) is 14.4. The van der Waals surface area contributed by atoms with Gasteiger partial charge in [-0.15, -0.1) is 6.58 Å². The molecule has 8 nitrogen and oxygen atoms in total. The minimum atomic E-state index is -1.89. The lowest BCUT2D eigenvalue weighted by molar-refractivity contribution is -0.147. The van der Waals surface area contributed by atoms with Crippen LogP contribution in [0.4, 0.5) is 5.69 Å². The van der Waals surface area contributed by atoms with Gasteiger partial charge in [-0.3, -0.25) is 0 Å². The molecule has 1 atom stereocenters. The number of carbonyl (C=O) groups is 3. The van der Waals surface area contributed by atoms with Gasteiger partial charge in [0.05, 0.1) is 13.2 Å². The van der Waals surface area contributed by atoms with E-state index in [4.69, 9.17) is 19.9 Å². The third-order valence-corrected chi connectivity index (χ3v) is 5.07. The van der Waals surface area contributed by atoms with E-state index in [1.807, 2.05) is 0 Å². The van der Waals surface area contributed by atoms with E-state index in [0.717, 1.165) is 0 Å². The lowest BCUT2D eigenvalue weighted by Crippen LogP contribution is -2.50. The highest BCUT2D eigenvalue weighted by Gasteiger charge is 2.63. The molecule has 30 heavy (non-hydrogen) atoms. The van der Waals surface area contributed by atoms with Gasteiger partial charge in [0.1, 0.15) is 22.7 Å². The number of para-hydroxylation sites is 1. The van der Waals surface area contributed by atoms with Crippen molar-refractivity contribution < 1.29 is 28.6 Å². The number of nitrogens with two attached hydrogens (primary N) is 1. The molecule has 1 spiro atoms. The number of hydrogen-bond donors (Lipinski definition) is 1. The number of benzene rings is 1. The maximum atomic E-state index is 13.4. The normalized spacial score (nSPS) is 20.2. The van der Waals surface area contributed by atoms with Gasteiger partial charge in [0.15, 0.2) is 5.41 Å². The van der Waals surface area contributed by atoms with Crippen molar-refractivity contribution in [3.8, 4) is 0 Å². The summed E-state index contributed by atoms with van der Waals surface area (Å²) in [5, 5.41) is 0. The Balaban J connectivity index is 2.44. The summed E-state index contributed by atoms with van der Waals surface area (Å²) < 4.78 is 15.8. The summed E-state index contributed by atoms with van der Waals surface area (Å²) in [7, 11) is 0. The lowest BCUT2D eigenvalue weighted by Gasteiger charge is -2.40. The van der Waals surface area contributed by atoms with Gasteiger partial charge in [-0.05, 0) is 26.8 Å². The summed E-state index contributed by atoms with van der Waals surface area (Å²) in [6, 6.07) is 6.89. The zero-order valence-corrected chi connectivity index (χ0v) is 17.2. The summed E-state index contributed by atoms with van der Waals surface area (Å²) >= 11 is 0. The Bertz CT molecular complexity index is 993. The first-order valence-electron chi connectivity index (χ1n) is 9.62. The molecule has 158 valence electrons. The van der Waals surface area contributed by atoms with Crippen LogP contribution in [0.15, 0.2) is 59.6 Å². The number of cyclic esters (lactones) is 1. The molecule has 0 bridgehead atoms. The van der Waals surface area contributed by atoms with Crippen molar-refractivity contribution in [1.82, 2.24) is 0 Å². The smallest absolute Gasteiger partial charge is 0.339 e. The number of allylic oxidation sites excluding steroid dienone is 1. The zero-order valence-electron chi connectivity index (χ0n) is 17.2. The predicted molar refractivity (Wildman–Crippen MR) is 109 cm³/mol. The van der Waals surface area contributed by atoms with Gasteiger partial charge in [0.2, 0.25) is 0 Å². The van der Waals surface area contributed by atoms with Gasteiger partial charge < -0.3 is 24.8 Å². The lowest BCUT2D eigenvalue weighted by atomic mass is 9.66. The van der Waals surface area contributed by atoms with E-state index in [0.29, 0.717) is 11.3 Å². The van der Waals surface area contributed by atoms with Crippen molar-refractivity contribution in [2.75, 3.05) is 24.7 Å². The van der Waals surface area contributed by atoms with E-state index in [2.05, 4.69) is 6.58 Å². The maximum absolute atomic E-state index is 13.4. The van der Waals surface area contributed by atoms with Gasteiger partial charge in [0, 0.05) is 17.8 Å². The highest BCUT2D eigenvalue weighted by molar-refractivity contribution is 6.16. The number of nitrogens with zero attached hydrogens (tertiary/aromatic N) is 1. The molecule has 1 aromatic carbocycles. The van der Waals surface area contributed by atoms with Crippen molar-refractivity contribution in [3.05, 3.63) is 65.2 Å². The van der Waals surface area contributed by atoms with Gasteiger partial charge in [0.25, 0.3) is 0 Å². The molecule has 8 heteroatoms. The SMILES string of the molecule is C=CCN1C(N)=C(C(=O)OCC)[C@]2(C(=O)OC(C)=C2C(=O)OCC)c2ccccc21. The van der Waals surface area contributed by atoms with Crippen LogP contribution in [0, 0.1) is 0 Å². The second kappa shape index (κ2) is 8.06. The molecule has 3 rings (SSSR count). The Morgan fingerprint density at radius 3 is 2.37 bits per heavy atom. The third-order valence-electron chi connectivity index (χ3n) is 5.07. The number of anilines is 1. The fraction of sp³-hybridized carbons (Fsp3) is 0.318. The van der Waals surface area contributed by atoms with Gasteiger partial charge >= 0.3 is 17.9 Å². The second-order valence-corrected chi connectivity index (χ2v) is 6.69. The molecule has 0 saturated carbocycles. The Labute approximate surface area is 174 Å². The molecule has 0 saturated heterocycles. The summed E-state index contributed by atoms with van der Waals surface area (Å²) in [4.78, 5) is 41.1. The maximum Gasteiger partial charge on any atom is 0.339 e. The molecular formula is C22H24N2O6. The third kappa shape index (κ3) is 2.87. The van der Waals surface area contributed by atoms with Crippen LogP contribution in [0.25, 0.3) is 0 Å². The summed E-state index contributed by atoms with van der Waals surface area (Å²) in [6.45, 7) is 8.92. The summed E-state index contributed by atoms with van der Waals surface area (Å²) in [5.41, 5.74) is 5.23. The molecule has 0 unspecified atom stereocenters. The standard InChI is InChI=1S/C22H24N2O6/c1-5-12-24-15-11-9-8-10-14(15)22(17(18(24)23)20(26)29-7-3)16(19(25)28-6-2)13(4)30-21(22)27/h5,8-11H,1,6-7,12,23H2,2-4H3/t22-/m0/s1. The van der Waals surface area contributed by atoms with Crippen LogP contribution in [0.3, 0.4) is 0 Å². The first-order valence-corrected chi connectivity index (χ1v) is 9.62. The Morgan fingerprint density at radius 2 is 1.77 bits per heavy atom. The Hall–Kier alpha value is -3.55. The van der Waals surface area contributed by atoms with Crippen LogP contribution < -0.4 is 10.6 Å². The first kappa shape index (κ1) is 21.2. The Morgan fingerprint density at radius 1 is 1.17 bits per heavy atom. The van der Waals surface area contributed by atoms with E-state index in [9.17, 15) is 14.4 Å². The average Bonchev–Trinajstić information content (AvgIpc) is 2.96. The average molecular weight is 412 g/mol. The minimum absolute atomic E-state index is 0.0134. The van der Waals surface area contributed by atoms with Gasteiger partial charge in [-0.1, -0.05) is 24.3 Å². The van der Waals surface area contributed by atoms with E-state index in [-0.39, 0.29) is 42.5 Å². The van der Waals surface area contributed by atoms with E-state index in [1.54, 1.807) is 49.1 Å². The monoisotopic (exact) mass is 412 g/mol. The van der Waals surface area contributed by atoms with Crippen LogP contribution in [0.1, 0.15) is 26.3 Å². The molecule has 0 amide bonds. The quantitative estimate of drug-likeness (QED) is 0.430. The van der Waals surface area contributed by atoms with E-state index in [1.165, 1.54) is 6.92 Å². The van der Waals surface area contributed by atoms with Crippen molar-refractivity contribution >= 4 is 23.6 Å².